The third-order valence-corrected chi connectivity index (χ3v) is 3.60. The smallest absolute Gasteiger partial charge is 0.255 e. The van der Waals surface area contributed by atoms with E-state index in [-0.39, 0.29) is 18.2 Å². The highest BCUT2D eigenvalue weighted by molar-refractivity contribution is 6.06. The average molecular weight is 304 g/mol. The number of rotatable bonds is 4. The predicted molar refractivity (Wildman–Crippen MR) is 91.2 cm³/mol. The summed E-state index contributed by atoms with van der Waals surface area (Å²) in [5.74, 6) is -0.545. The molecule has 0 heterocycles. The van der Waals surface area contributed by atoms with Gasteiger partial charge in [-0.25, -0.2) is 0 Å². The van der Waals surface area contributed by atoms with Crippen LogP contribution < -0.4 is 11.1 Å². The van der Waals surface area contributed by atoms with Gasteiger partial charge < -0.3 is 11.1 Å². The van der Waals surface area contributed by atoms with Crippen LogP contribution in [-0.4, -0.2) is 11.8 Å². The molecule has 0 unspecified atom stereocenters. The van der Waals surface area contributed by atoms with E-state index in [4.69, 9.17) is 5.73 Å². The number of carbonyl (C=O) groups is 2. The van der Waals surface area contributed by atoms with Gasteiger partial charge in [0.1, 0.15) is 0 Å². The highest BCUT2D eigenvalue weighted by atomic mass is 16.2. The third kappa shape index (κ3) is 3.55. The molecule has 0 aromatic heterocycles. The van der Waals surface area contributed by atoms with Crippen molar-refractivity contribution in [2.45, 2.75) is 6.42 Å². The number of hydrogen-bond donors (Lipinski definition) is 2. The molecule has 0 aliphatic rings. The van der Waals surface area contributed by atoms with E-state index in [1.807, 2.05) is 36.4 Å². The van der Waals surface area contributed by atoms with E-state index < -0.39 is 0 Å². The molecule has 0 atom stereocenters. The number of anilines is 1. The predicted octanol–water partition coefficient (Wildman–Crippen LogP) is 3.12. The molecule has 3 rings (SSSR count). The first-order valence-electron chi connectivity index (χ1n) is 7.29. The van der Waals surface area contributed by atoms with E-state index in [1.54, 1.807) is 30.3 Å². The first-order valence-corrected chi connectivity index (χ1v) is 7.29. The number of fused-ring (bicyclic) bond motifs is 1. The van der Waals surface area contributed by atoms with Gasteiger partial charge in [0, 0.05) is 11.3 Å². The van der Waals surface area contributed by atoms with Crippen LogP contribution in [0.5, 0.6) is 0 Å². The fraction of sp³-hybridized carbons (Fsp3) is 0.0526. The zero-order chi connectivity index (χ0) is 16.2. The minimum Gasteiger partial charge on any atom is -0.369 e. The van der Waals surface area contributed by atoms with Crippen molar-refractivity contribution < 1.29 is 9.59 Å². The molecular weight excluding hydrogens is 288 g/mol. The van der Waals surface area contributed by atoms with Crippen LogP contribution in [0.15, 0.2) is 66.7 Å². The zero-order valence-electron chi connectivity index (χ0n) is 12.5. The summed E-state index contributed by atoms with van der Waals surface area (Å²) in [5, 5.41) is 4.97. The highest BCUT2D eigenvalue weighted by Crippen LogP contribution is 2.17. The molecule has 0 fully saturated rings. The van der Waals surface area contributed by atoms with Crippen molar-refractivity contribution in [3.05, 3.63) is 77.9 Å². The lowest BCUT2D eigenvalue weighted by molar-refractivity contribution is -0.117. The molecule has 4 nitrogen and oxygen atoms in total. The van der Waals surface area contributed by atoms with Crippen molar-refractivity contribution in [2.75, 3.05) is 5.32 Å². The SMILES string of the molecule is NC(=O)Cc1ccc(NC(=O)c2ccc3ccccc3c2)cc1. The maximum Gasteiger partial charge on any atom is 0.255 e. The molecule has 0 aliphatic carbocycles. The number of amides is 2. The van der Waals surface area contributed by atoms with Gasteiger partial charge in [0.2, 0.25) is 5.91 Å². The number of carbonyl (C=O) groups excluding carboxylic acids is 2. The fourth-order valence-corrected chi connectivity index (χ4v) is 2.44. The average Bonchev–Trinajstić information content (AvgIpc) is 2.55. The van der Waals surface area contributed by atoms with Gasteiger partial charge >= 0.3 is 0 Å². The molecule has 114 valence electrons. The second kappa shape index (κ2) is 6.32. The number of nitrogens with two attached hydrogens (primary N) is 1. The Labute approximate surface area is 133 Å². The Kier molecular flexibility index (Phi) is 4.06. The highest BCUT2D eigenvalue weighted by Gasteiger charge is 2.07. The molecule has 0 aliphatic heterocycles. The van der Waals surface area contributed by atoms with Crippen LogP contribution >= 0.6 is 0 Å². The standard InChI is InChI=1S/C19H16N2O2/c20-18(22)11-13-5-9-17(10-6-13)21-19(23)16-8-7-14-3-1-2-4-15(14)12-16/h1-10,12H,11H2,(H2,20,22)(H,21,23). The minimum absolute atomic E-state index is 0.168. The Morgan fingerprint density at radius 2 is 1.57 bits per heavy atom. The zero-order valence-corrected chi connectivity index (χ0v) is 12.5. The molecule has 23 heavy (non-hydrogen) atoms. The lowest BCUT2D eigenvalue weighted by atomic mass is 10.1. The van der Waals surface area contributed by atoms with E-state index >= 15 is 0 Å². The van der Waals surface area contributed by atoms with E-state index in [0.29, 0.717) is 11.3 Å². The number of nitrogens with one attached hydrogen (secondary N) is 1. The second-order valence-corrected chi connectivity index (χ2v) is 5.36. The lowest BCUT2D eigenvalue weighted by Gasteiger charge is -2.07. The largest absolute Gasteiger partial charge is 0.369 e. The van der Waals surface area contributed by atoms with Gasteiger partial charge in [-0.15, -0.1) is 0 Å². The van der Waals surface area contributed by atoms with Crippen LogP contribution in [0.3, 0.4) is 0 Å². The molecule has 0 spiro atoms. The molecule has 2 amide bonds. The van der Waals surface area contributed by atoms with E-state index in [9.17, 15) is 9.59 Å². The monoisotopic (exact) mass is 304 g/mol. The number of primary amides is 1. The van der Waals surface area contributed by atoms with Crippen molar-refractivity contribution in [3.8, 4) is 0 Å². The van der Waals surface area contributed by atoms with Crippen molar-refractivity contribution in [3.63, 3.8) is 0 Å². The summed E-state index contributed by atoms with van der Waals surface area (Å²) < 4.78 is 0. The van der Waals surface area contributed by atoms with E-state index in [2.05, 4.69) is 5.32 Å². The summed E-state index contributed by atoms with van der Waals surface area (Å²) >= 11 is 0. The fourth-order valence-electron chi connectivity index (χ4n) is 2.44. The summed E-state index contributed by atoms with van der Waals surface area (Å²) in [6, 6.07) is 20.6. The van der Waals surface area contributed by atoms with Crippen LogP contribution in [0.25, 0.3) is 10.8 Å². The normalized spacial score (nSPS) is 10.4. The topological polar surface area (TPSA) is 72.2 Å². The summed E-state index contributed by atoms with van der Waals surface area (Å²) in [6.45, 7) is 0. The molecule has 0 radical (unpaired) electrons. The third-order valence-electron chi connectivity index (χ3n) is 3.60. The van der Waals surface area contributed by atoms with Crippen molar-refractivity contribution in [2.24, 2.45) is 5.73 Å². The van der Waals surface area contributed by atoms with Crippen LogP contribution in [0, 0.1) is 0 Å². The summed E-state index contributed by atoms with van der Waals surface area (Å²) in [7, 11) is 0. The number of benzene rings is 3. The van der Waals surface area contributed by atoms with Crippen molar-refractivity contribution in [1.82, 2.24) is 0 Å². The number of hydrogen-bond acceptors (Lipinski definition) is 2. The molecule has 0 saturated heterocycles. The molecular formula is C19H16N2O2. The van der Waals surface area contributed by atoms with Crippen LogP contribution in [0.2, 0.25) is 0 Å². The Hall–Kier alpha value is -3.14. The molecule has 4 heteroatoms. The second-order valence-electron chi connectivity index (χ2n) is 5.36. The van der Waals surface area contributed by atoms with Gasteiger partial charge in [-0.2, -0.15) is 0 Å². The first kappa shape index (κ1) is 14.8. The van der Waals surface area contributed by atoms with Gasteiger partial charge in [-0.05, 0) is 40.6 Å². The lowest BCUT2D eigenvalue weighted by Crippen LogP contribution is -2.14. The summed E-state index contributed by atoms with van der Waals surface area (Å²) in [6.07, 6.45) is 0.193. The van der Waals surface area contributed by atoms with Crippen molar-refractivity contribution >= 4 is 28.3 Å². The Morgan fingerprint density at radius 3 is 2.26 bits per heavy atom. The first-order chi connectivity index (χ1) is 11.1. The van der Waals surface area contributed by atoms with E-state index in [1.165, 1.54) is 0 Å². The van der Waals surface area contributed by atoms with Gasteiger partial charge in [-0.1, -0.05) is 42.5 Å². The van der Waals surface area contributed by atoms with Gasteiger partial charge in [0.25, 0.3) is 5.91 Å². The van der Waals surface area contributed by atoms with Crippen LogP contribution in [-0.2, 0) is 11.2 Å². The Morgan fingerprint density at radius 1 is 0.870 bits per heavy atom. The maximum absolute atomic E-state index is 12.3. The molecule has 0 saturated carbocycles. The molecule has 3 N–H and O–H groups in total. The Balaban J connectivity index is 1.76. The van der Waals surface area contributed by atoms with Gasteiger partial charge in [0.05, 0.1) is 6.42 Å². The minimum atomic E-state index is -0.377. The quantitative estimate of drug-likeness (QED) is 0.777. The van der Waals surface area contributed by atoms with E-state index in [0.717, 1.165) is 16.3 Å². The molecule has 3 aromatic rings. The van der Waals surface area contributed by atoms with Crippen molar-refractivity contribution in [1.29, 1.82) is 0 Å². The maximum atomic E-state index is 12.3. The molecule has 0 bridgehead atoms. The summed E-state index contributed by atoms with van der Waals surface area (Å²) in [4.78, 5) is 23.2. The molecule has 3 aromatic carbocycles. The van der Waals surface area contributed by atoms with Crippen LogP contribution in [0.1, 0.15) is 15.9 Å². The van der Waals surface area contributed by atoms with Gasteiger partial charge in [-0.3, -0.25) is 9.59 Å². The summed E-state index contributed by atoms with van der Waals surface area (Å²) in [5.41, 5.74) is 7.26. The van der Waals surface area contributed by atoms with Crippen LogP contribution in [0.4, 0.5) is 5.69 Å². The van der Waals surface area contributed by atoms with Gasteiger partial charge in [0.15, 0.2) is 0 Å². The Bertz CT molecular complexity index is 870.